The molecule has 53 heavy (non-hydrogen) atoms. The lowest BCUT2D eigenvalue weighted by atomic mass is 9.94. The van der Waals surface area contributed by atoms with Crippen LogP contribution in [0.4, 0.5) is 4.39 Å². The summed E-state index contributed by atoms with van der Waals surface area (Å²) in [6.07, 6.45) is 0.803. The summed E-state index contributed by atoms with van der Waals surface area (Å²) in [6, 6.07) is 14.4. The van der Waals surface area contributed by atoms with Gasteiger partial charge >= 0.3 is 5.97 Å². The van der Waals surface area contributed by atoms with E-state index in [0.717, 1.165) is 55.4 Å². The predicted octanol–water partition coefficient (Wildman–Crippen LogP) is 6.06. The maximum absolute atomic E-state index is 14.7. The van der Waals surface area contributed by atoms with E-state index < -0.39 is 12.2 Å². The predicted molar refractivity (Wildman–Crippen MR) is 201 cm³/mol. The number of carbonyl (C=O) groups excluding carboxylic acids is 1. The smallest absolute Gasteiger partial charge is 0.309 e. The summed E-state index contributed by atoms with van der Waals surface area (Å²) in [7, 11) is 0. The van der Waals surface area contributed by atoms with Crippen LogP contribution in [0.5, 0.6) is 17.4 Å². The molecule has 1 saturated carbocycles. The zero-order valence-corrected chi connectivity index (χ0v) is 32.2. The number of halogens is 2. The van der Waals surface area contributed by atoms with Gasteiger partial charge in [-0.1, -0.05) is 22.0 Å². The van der Waals surface area contributed by atoms with E-state index in [-0.39, 0.29) is 62.6 Å². The van der Waals surface area contributed by atoms with Crippen LogP contribution in [0.2, 0.25) is 0 Å². The van der Waals surface area contributed by atoms with E-state index in [4.69, 9.17) is 34.3 Å². The molecule has 0 saturated heterocycles. The zero-order chi connectivity index (χ0) is 38.4. The molecule has 1 aromatic heterocycles. The van der Waals surface area contributed by atoms with Crippen LogP contribution in [0.15, 0.2) is 59.2 Å². The first-order valence-electron chi connectivity index (χ1n) is 17.6. The molecule has 0 amide bonds. The first-order valence-corrected chi connectivity index (χ1v) is 18.4. The molecular formula is C41H47BrFNO9. The molecule has 6 rings (SSSR count). The Hall–Kier alpha value is -4.07. The lowest BCUT2D eigenvalue weighted by molar-refractivity contribution is -0.145. The van der Waals surface area contributed by atoms with Crippen LogP contribution in [-0.2, 0) is 22.6 Å². The molecule has 4 N–H and O–H groups in total. The normalized spacial score (nSPS) is 17.8. The SMILES string of the molecule is CCOC(=O)[C@H]1[C@@H]2Cc3cc(OCc4cc(-c5c(C)cc(OCC(O)CO)cc5C)ccc4F)ncc3[C@@H]21.Cc1cc(OCC(O)CO)cc(C)c1Br. The van der Waals surface area contributed by atoms with Gasteiger partial charge in [-0.3, -0.25) is 4.79 Å². The van der Waals surface area contributed by atoms with Gasteiger partial charge in [-0.05, 0) is 128 Å². The number of esters is 1. The molecule has 0 aliphatic heterocycles. The molecule has 0 radical (unpaired) electrons. The van der Waals surface area contributed by atoms with Gasteiger partial charge in [0.15, 0.2) is 0 Å². The summed E-state index contributed by atoms with van der Waals surface area (Å²) in [6.45, 7) is 9.54. The molecule has 1 fully saturated rings. The third kappa shape index (κ3) is 9.73. The lowest BCUT2D eigenvalue weighted by Gasteiger charge is -2.16. The summed E-state index contributed by atoms with van der Waals surface area (Å²) in [5.74, 6) is 1.64. The largest absolute Gasteiger partial charge is 0.491 e. The number of aliphatic hydroxyl groups is 4. The van der Waals surface area contributed by atoms with Crippen molar-refractivity contribution in [2.45, 2.75) is 65.8 Å². The Labute approximate surface area is 317 Å². The van der Waals surface area contributed by atoms with Gasteiger partial charge < -0.3 is 39.4 Å². The summed E-state index contributed by atoms with van der Waals surface area (Å²) in [4.78, 5) is 16.5. The number of hydrogen-bond acceptors (Lipinski definition) is 10. The van der Waals surface area contributed by atoms with E-state index >= 15 is 0 Å². The lowest BCUT2D eigenvalue weighted by Crippen LogP contribution is -2.21. The van der Waals surface area contributed by atoms with Crippen molar-refractivity contribution in [2.75, 3.05) is 33.0 Å². The first-order chi connectivity index (χ1) is 25.3. The number of fused-ring (bicyclic) bond motifs is 3. The summed E-state index contributed by atoms with van der Waals surface area (Å²) >= 11 is 3.46. The van der Waals surface area contributed by atoms with Crippen LogP contribution in [0, 0.1) is 45.3 Å². The molecular weight excluding hydrogens is 749 g/mol. The number of nitrogens with zero attached hydrogens (tertiary/aromatic N) is 1. The van der Waals surface area contributed by atoms with Gasteiger partial charge in [0.2, 0.25) is 5.88 Å². The number of pyridine rings is 1. The number of rotatable bonds is 14. The molecule has 2 aliphatic carbocycles. The van der Waals surface area contributed by atoms with Crippen molar-refractivity contribution in [1.29, 1.82) is 0 Å². The minimum Gasteiger partial charge on any atom is -0.491 e. The number of aromatic nitrogens is 1. The highest BCUT2D eigenvalue weighted by atomic mass is 79.9. The summed E-state index contributed by atoms with van der Waals surface area (Å²) in [5, 5.41) is 36.3. The van der Waals surface area contributed by atoms with Gasteiger partial charge in [-0.25, -0.2) is 9.37 Å². The quantitative estimate of drug-likeness (QED) is 0.111. The van der Waals surface area contributed by atoms with Gasteiger partial charge in [0.25, 0.3) is 0 Å². The van der Waals surface area contributed by atoms with E-state index in [1.165, 1.54) is 6.07 Å². The molecule has 0 spiro atoms. The van der Waals surface area contributed by atoms with Crippen LogP contribution in [0.1, 0.15) is 51.8 Å². The monoisotopic (exact) mass is 795 g/mol. The Balaban J connectivity index is 0.000000303. The van der Waals surface area contributed by atoms with Gasteiger partial charge in [0.05, 0.1) is 25.7 Å². The minimum absolute atomic E-state index is 0.00319. The van der Waals surface area contributed by atoms with Gasteiger partial charge in [-0.15, -0.1) is 0 Å². The molecule has 3 aromatic carbocycles. The van der Waals surface area contributed by atoms with Crippen molar-refractivity contribution in [3.8, 4) is 28.5 Å². The van der Waals surface area contributed by atoms with E-state index in [2.05, 4.69) is 20.9 Å². The fourth-order valence-corrected chi connectivity index (χ4v) is 7.07. The van der Waals surface area contributed by atoms with E-state index in [1.54, 1.807) is 18.3 Å². The van der Waals surface area contributed by atoms with E-state index in [1.807, 2.05) is 65.0 Å². The van der Waals surface area contributed by atoms with Crippen molar-refractivity contribution >= 4 is 21.9 Å². The summed E-state index contributed by atoms with van der Waals surface area (Å²) < 4.78 is 37.8. The van der Waals surface area contributed by atoms with Crippen molar-refractivity contribution in [3.63, 3.8) is 0 Å². The fraction of sp³-hybridized carbons (Fsp3) is 0.415. The highest BCUT2D eigenvalue weighted by Gasteiger charge is 2.60. The number of ether oxygens (including phenoxy) is 4. The Morgan fingerprint density at radius 3 is 2.04 bits per heavy atom. The van der Waals surface area contributed by atoms with Crippen molar-refractivity contribution in [1.82, 2.24) is 4.98 Å². The summed E-state index contributed by atoms with van der Waals surface area (Å²) in [5.41, 5.74) is 8.50. The fourth-order valence-electron chi connectivity index (χ4n) is 6.84. The molecule has 284 valence electrons. The maximum atomic E-state index is 14.7. The topological polar surface area (TPSA) is 148 Å². The highest BCUT2D eigenvalue weighted by molar-refractivity contribution is 9.10. The molecule has 4 aromatic rings. The second-order valence-electron chi connectivity index (χ2n) is 13.6. The third-order valence-corrected chi connectivity index (χ3v) is 10.7. The van der Waals surface area contributed by atoms with Crippen LogP contribution >= 0.6 is 15.9 Å². The number of aliphatic hydroxyl groups excluding tert-OH is 4. The third-order valence-electron chi connectivity index (χ3n) is 9.47. The van der Waals surface area contributed by atoms with Crippen molar-refractivity contribution < 1.29 is 48.6 Å². The maximum Gasteiger partial charge on any atom is 0.309 e. The molecule has 10 nitrogen and oxygen atoms in total. The molecule has 12 heteroatoms. The first kappa shape index (κ1) is 40.1. The van der Waals surface area contributed by atoms with Crippen LogP contribution in [0.25, 0.3) is 11.1 Å². The highest BCUT2D eigenvalue weighted by Crippen LogP contribution is 2.61. The van der Waals surface area contributed by atoms with Gasteiger partial charge in [0, 0.05) is 28.2 Å². The average molecular weight is 797 g/mol. The van der Waals surface area contributed by atoms with Crippen LogP contribution in [-0.4, -0.2) is 76.6 Å². The molecule has 5 atom stereocenters. The van der Waals surface area contributed by atoms with Crippen molar-refractivity contribution in [2.24, 2.45) is 11.8 Å². The van der Waals surface area contributed by atoms with Crippen LogP contribution < -0.4 is 14.2 Å². The van der Waals surface area contributed by atoms with Crippen LogP contribution in [0.3, 0.4) is 0 Å². The Morgan fingerprint density at radius 2 is 1.47 bits per heavy atom. The molecule has 0 bridgehead atoms. The number of carbonyl (C=O) groups is 1. The number of aryl methyl sites for hydroxylation is 4. The standard InChI is InChI=1S/C30H32FNO6.C11H15BrO3/c1-4-36-30(35)29-23-10-19-11-26(32-12-24(19)28(23)29)38-14-20-9-18(5-6-25(20)31)27-16(2)7-22(8-17(27)3)37-15-21(34)13-33;1-7-3-10(4-8(2)11(7)12)15-6-9(14)5-13/h5-9,11-12,21,23,28-29,33-34H,4,10,13-15H2,1-3H3;3-4,9,13-14H,5-6H2,1-2H3/t21?,23-,28-,29+;/m1./s1. The average Bonchev–Trinajstić information content (AvgIpc) is 3.72. The molecule has 2 aliphatic rings. The second kappa shape index (κ2) is 17.8. The number of benzene rings is 3. The molecule has 2 unspecified atom stereocenters. The van der Waals surface area contributed by atoms with Gasteiger partial charge in [-0.2, -0.15) is 0 Å². The Kier molecular flexibility index (Phi) is 13.5. The Morgan fingerprint density at radius 1 is 0.887 bits per heavy atom. The van der Waals surface area contributed by atoms with Crippen molar-refractivity contribution in [3.05, 3.63) is 104 Å². The second-order valence-corrected chi connectivity index (χ2v) is 14.4. The van der Waals surface area contributed by atoms with E-state index in [0.29, 0.717) is 29.5 Å². The minimum atomic E-state index is -0.942. The Bertz CT molecular complexity index is 1870. The zero-order valence-electron chi connectivity index (χ0n) is 30.6. The van der Waals surface area contributed by atoms with Gasteiger partial charge in [0.1, 0.15) is 49.3 Å². The number of hydrogen-bond donors (Lipinski definition) is 4. The molecule has 1 heterocycles. The van der Waals surface area contributed by atoms with E-state index in [9.17, 15) is 14.3 Å².